The molecule has 4 N–H and O–H groups in total. The Morgan fingerprint density at radius 3 is 1.83 bits per heavy atom. The van der Waals surface area contributed by atoms with Crippen LogP contribution < -0.4 is 16.4 Å². The van der Waals surface area contributed by atoms with Crippen LogP contribution >= 0.6 is 0 Å². The molecule has 0 aliphatic carbocycles. The standard InChI is InChI=1S/C23H29N3O3/c1-14(2)19(22(29)25-18-12-8-15(9-13-18)20(24)27)26-21(28)16-6-10-17(11-7-16)23(3,4)5/h6-14,19H,1-5H3,(H2,24,27)(H,25,29)(H,26,28). The summed E-state index contributed by atoms with van der Waals surface area (Å²) in [6.07, 6.45) is 0. The van der Waals surface area contributed by atoms with Gasteiger partial charge in [0, 0.05) is 16.8 Å². The molecule has 0 bridgehead atoms. The molecular formula is C23H29N3O3. The van der Waals surface area contributed by atoms with Gasteiger partial charge >= 0.3 is 0 Å². The van der Waals surface area contributed by atoms with Gasteiger partial charge in [-0.15, -0.1) is 0 Å². The summed E-state index contributed by atoms with van der Waals surface area (Å²) in [5.41, 5.74) is 7.73. The van der Waals surface area contributed by atoms with E-state index >= 15 is 0 Å². The van der Waals surface area contributed by atoms with Crippen LogP contribution in [0.3, 0.4) is 0 Å². The Labute approximate surface area is 171 Å². The van der Waals surface area contributed by atoms with Crippen molar-refractivity contribution in [2.45, 2.75) is 46.1 Å². The van der Waals surface area contributed by atoms with Gasteiger partial charge in [-0.2, -0.15) is 0 Å². The van der Waals surface area contributed by atoms with Crippen LogP contribution in [-0.4, -0.2) is 23.8 Å². The van der Waals surface area contributed by atoms with E-state index in [9.17, 15) is 14.4 Å². The first-order valence-corrected chi connectivity index (χ1v) is 9.61. The molecule has 0 heterocycles. The summed E-state index contributed by atoms with van der Waals surface area (Å²) in [6.45, 7) is 10.1. The van der Waals surface area contributed by atoms with Gasteiger partial charge in [0.05, 0.1) is 0 Å². The van der Waals surface area contributed by atoms with Crippen molar-refractivity contribution in [1.82, 2.24) is 5.32 Å². The predicted molar refractivity (Wildman–Crippen MR) is 115 cm³/mol. The highest BCUT2D eigenvalue weighted by molar-refractivity contribution is 6.01. The molecule has 0 radical (unpaired) electrons. The highest BCUT2D eigenvalue weighted by Crippen LogP contribution is 2.22. The average Bonchev–Trinajstić information content (AvgIpc) is 2.65. The van der Waals surface area contributed by atoms with Gasteiger partial charge in [0.2, 0.25) is 11.8 Å². The number of benzene rings is 2. The zero-order valence-electron chi connectivity index (χ0n) is 17.6. The van der Waals surface area contributed by atoms with Crippen molar-refractivity contribution in [3.05, 3.63) is 65.2 Å². The van der Waals surface area contributed by atoms with Crippen LogP contribution in [0.25, 0.3) is 0 Å². The fourth-order valence-corrected chi connectivity index (χ4v) is 2.82. The second kappa shape index (κ2) is 8.90. The largest absolute Gasteiger partial charge is 0.366 e. The molecule has 0 aromatic heterocycles. The monoisotopic (exact) mass is 395 g/mol. The van der Waals surface area contributed by atoms with Gasteiger partial charge in [-0.3, -0.25) is 14.4 Å². The maximum Gasteiger partial charge on any atom is 0.251 e. The third-order valence-electron chi connectivity index (χ3n) is 4.69. The van der Waals surface area contributed by atoms with E-state index in [-0.39, 0.29) is 23.1 Å². The van der Waals surface area contributed by atoms with Gasteiger partial charge in [-0.25, -0.2) is 0 Å². The molecule has 1 unspecified atom stereocenters. The first-order valence-electron chi connectivity index (χ1n) is 9.61. The van der Waals surface area contributed by atoms with Crippen LogP contribution in [0.1, 0.15) is 60.9 Å². The quantitative estimate of drug-likeness (QED) is 0.698. The molecule has 0 saturated heterocycles. The Hall–Kier alpha value is -3.15. The van der Waals surface area contributed by atoms with Crippen LogP contribution in [0.2, 0.25) is 0 Å². The second-order valence-corrected chi connectivity index (χ2v) is 8.45. The summed E-state index contributed by atoms with van der Waals surface area (Å²) in [4.78, 5) is 36.5. The maximum atomic E-state index is 12.7. The van der Waals surface area contributed by atoms with E-state index in [1.165, 1.54) is 12.1 Å². The minimum atomic E-state index is -0.708. The fourth-order valence-electron chi connectivity index (χ4n) is 2.82. The maximum absolute atomic E-state index is 12.7. The molecule has 2 aromatic carbocycles. The van der Waals surface area contributed by atoms with Crippen LogP contribution in [0.4, 0.5) is 5.69 Å². The molecule has 2 rings (SSSR count). The molecule has 0 saturated carbocycles. The minimum absolute atomic E-state index is 0.000573. The Bertz CT molecular complexity index is 879. The van der Waals surface area contributed by atoms with Crippen LogP contribution in [-0.2, 0) is 10.2 Å². The Kier molecular flexibility index (Phi) is 6.80. The summed E-state index contributed by atoms with van der Waals surface area (Å²) in [6, 6.07) is 13.0. The van der Waals surface area contributed by atoms with E-state index < -0.39 is 11.9 Å². The third-order valence-corrected chi connectivity index (χ3v) is 4.69. The summed E-state index contributed by atoms with van der Waals surface area (Å²) in [5.74, 6) is -1.28. The molecule has 0 spiro atoms. The van der Waals surface area contributed by atoms with Crippen molar-refractivity contribution in [3.63, 3.8) is 0 Å². The fraction of sp³-hybridized carbons (Fsp3) is 0.348. The summed E-state index contributed by atoms with van der Waals surface area (Å²) in [7, 11) is 0. The number of amides is 3. The first-order chi connectivity index (χ1) is 13.5. The molecule has 6 heteroatoms. The van der Waals surface area contributed by atoms with Gasteiger partial charge in [-0.05, 0) is 53.3 Å². The number of carbonyl (C=O) groups is 3. The van der Waals surface area contributed by atoms with Crippen LogP contribution in [0.5, 0.6) is 0 Å². The van der Waals surface area contributed by atoms with Gasteiger partial charge in [0.15, 0.2) is 0 Å². The SMILES string of the molecule is CC(C)C(NC(=O)c1ccc(C(C)(C)C)cc1)C(=O)Nc1ccc(C(N)=O)cc1. The zero-order valence-corrected chi connectivity index (χ0v) is 17.6. The molecule has 1 atom stereocenters. The molecule has 3 amide bonds. The number of nitrogens with two attached hydrogens (primary N) is 1. The van der Waals surface area contributed by atoms with Gasteiger partial charge in [-0.1, -0.05) is 46.8 Å². The van der Waals surface area contributed by atoms with E-state index in [1.807, 2.05) is 26.0 Å². The molecule has 0 fully saturated rings. The second-order valence-electron chi connectivity index (χ2n) is 8.45. The molecule has 0 aliphatic rings. The first kappa shape index (κ1) is 22.1. The average molecular weight is 396 g/mol. The summed E-state index contributed by atoms with van der Waals surface area (Å²) < 4.78 is 0. The highest BCUT2D eigenvalue weighted by atomic mass is 16.2. The van der Waals surface area contributed by atoms with Gasteiger partial charge < -0.3 is 16.4 Å². The zero-order chi connectivity index (χ0) is 21.8. The lowest BCUT2D eigenvalue weighted by atomic mass is 9.86. The van der Waals surface area contributed by atoms with Gasteiger partial charge in [0.25, 0.3) is 5.91 Å². The Morgan fingerprint density at radius 2 is 1.38 bits per heavy atom. The van der Waals surface area contributed by atoms with E-state index in [1.54, 1.807) is 24.3 Å². The number of primary amides is 1. The van der Waals surface area contributed by atoms with Crippen molar-refractivity contribution in [2.24, 2.45) is 11.7 Å². The Balaban J connectivity index is 2.09. The van der Waals surface area contributed by atoms with Crippen molar-refractivity contribution >= 4 is 23.4 Å². The van der Waals surface area contributed by atoms with Crippen molar-refractivity contribution in [2.75, 3.05) is 5.32 Å². The Morgan fingerprint density at radius 1 is 0.862 bits per heavy atom. The minimum Gasteiger partial charge on any atom is -0.366 e. The highest BCUT2D eigenvalue weighted by Gasteiger charge is 2.25. The number of rotatable bonds is 6. The number of hydrogen-bond donors (Lipinski definition) is 3. The van der Waals surface area contributed by atoms with E-state index in [0.717, 1.165) is 5.56 Å². The molecule has 2 aromatic rings. The van der Waals surface area contributed by atoms with Crippen molar-refractivity contribution in [3.8, 4) is 0 Å². The normalized spacial score (nSPS) is 12.3. The summed E-state index contributed by atoms with van der Waals surface area (Å²) in [5, 5.41) is 5.59. The van der Waals surface area contributed by atoms with Crippen LogP contribution in [0, 0.1) is 5.92 Å². The predicted octanol–water partition coefficient (Wildman–Crippen LogP) is 3.48. The van der Waals surface area contributed by atoms with E-state index in [4.69, 9.17) is 5.73 Å². The van der Waals surface area contributed by atoms with Crippen LogP contribution in [0.15, 0.2) is 48.5 Å². The van der Waals surface area contributed by atoms with E-state index in [2.05, 4.69) is 31.4 Å². The van der Waals surface area contributed by atoms with Gasteiger partial charge in [0.1, 0.15) is 6.04 Å². The lowest BCUT2D eigenvalue weighted by Crippen LogP contribution is -2.47. The lowest BCUT2D eigenvalue weighted by molar-refractivity contribution is -0.118. The number of carbonyl (C=O) groups excluding carboxylic acids is 3. The molecule has 154 valence electrons. The van der Waals surface area contributed by atoms with Crippen molar-refractivity contribution in [1.29, 1.82) is 0 Å². The molecule has 29 heavy (non-hydrogen) atoms. The summed E-state index contributed by atoms with van der Waals surface area (Å²) >= 11 is 0. The number of anilines is 1. The topological polar surface area (TPSA) is 101 Å². The lowest BCUT2D eigenvalue weighted by Gasteiger charge is -2.22. The van der Waals surface area contributed by atoms with Crippen molar-refractivity contribution < 1.29 is 14.4 Å². The molecule has 6 nitrogen and oxygen atoms in total. The third kappa shape index (κ3) is 5.91. The number of hydrogen-bond acceptors (Lipinski definition) is 3. The van der Waals surface area contributed by atoms with E-state index in [0.29, 0.717) is 16.8 Å². The molecule has 0 aliphatic heterocycles. The number of nitrogens with one attached hydrogen (secondary N) is 2. The molecular weight excluding hydrogens is 366 g/mol. The smallest absolute Gasteiger partial charge is 0.251 e.